The van der Waals surface area contributed by atoms with E-state index in [-0.39, 0.29) is 10.8 Å². The first-order valence-corrected chi connectivity index (χ1v) is 7.55. The Hall–Kier alpha value is -0.920. The fourth-order valence-corrected chi connectivity index (χ4v) is 5.18. The summed E-state index contributed by atoms with van der Waals surface area (Å²) >= 11 is 1.13. The quantitative estimate of drug-likeness (QED) is 0.902. The van der Waals surface area contributed by atoms with Crippen molar-refractivity contribution in [3.05, 3.63) is 17.0 Å². The second-order valence-corrected chi connectivity index (χ2v) is 7.01. The molecule has 0 bridgehead atoms. The molecule has 0 radical (unpaired) electrons. The third-order valence-corrected chi connectivity index (χ3v) is 6.42. The van der Waals surface area contributed by atoms with Crippen molar-refractivity contribution in [2.24, 2.45) is 0 Å². The van der Waals surface area contributed by atoms with Crippen LogP contribution in [0.25, 0.3) is 0 Å². The topological polar surface area (TPSA) is 74.7 Å². The number of hydrogen-bond acceptors (Lipinski definition) is 4. The molecule has 0 amide bonds. The van der Waals surface area contributed by atoms with Crippen LogP contribution in [0.4, 0.5) is 0 Å². The molecular formula is C10H13NO4S2. The lowest BCUT2D eigenvalue weighted by molar-refractivity contribution is -0.140. The Morgan fingerprint density at radius 3 is 2.82 bits per heavy atom. The summed E-state index contributed by atoms with van der Waals surface area (Å²) in [6, 6.07) is 0.810. The van der Waals surface area contributed by atoms with Gasteiger partial charge in [0, 0.05) is 6.54 Å². The third kappa shape index (κ3) is 2.10. The van der Waals surface area contributed by atoms with Crippen molar-refractivity contribution in [1.29, 1.82) is 0 Å². The molecule has 1 aromatic heterocycles. The van der Waals surface area contributed by atoms with Gasteiger partial charge >= 0.3 is 5.97 Å². The molecule has 0 unspecified atom stereocenters. The van der Waals surface area contributed by atoms with Gasteiger partial charge in [0.1, 0.15) is 10.3 Å². The van der Waals surface area contributed by atoms with E-state index in [1.165, 1.54) is 0 Å². The molecule has 5 nitrogen and oxygen atoms in total. The number of thiophene rings is 1. The van der Waals surface area contributed by atoms with Crippen LogP contribution in [-0.2, 0) is 14.8 Å². The van der Waals surface area contributed by atoms with E-state index >= 15 is 0 Å². The smallest absolute Gasteiger partial charge is 0.322 e. The summed E-state index contributed by atoms with van der Waals surface area (Å²) in [5.41, 5.74) is 0.672. The van der Waals surface area contributed by atoms with Crippen molar-refractivity contribution in [3.63, 3.8) is 0 Å². The van der Waals surface area contributed by atoms with E-state index in [4.69, 9.17) is 5.11 Å². The van der Waals surface area contributed by atoms with E-state index in [0.29, 0.717) is 18.4 Å². The van der Waals surface area contributed by atoms with Crippen LogP contribution in [0.5, 0.6) is 0 Å². The highest BCUT2D eigenvalue weighted by Gasteiger charge is 2.40. The van der Waals surface area contributed by atoms with E-state index in [0.717, 1.165) is 15.6 Å². The Morgan fingerprint density at radius 2 is 2.29 bits per heavy atom. The average molecular weight is 275 g/mol. The molecule has 1 atom stereocenters. The number of sulfonamides is 1. The zero-order valence-corrected chi connectivity index (χ0v) is 10.9. The molecule has 1 aromatic rings. The minimum Gasteiger partial charge on any atom is -0.480 e. The fraction of sp³-hybridized carbons (Fsp3) is 0.500. The Balaban J connectivity index is 2.40. The van der Waals surface area contributed by atoms with Gasteiger partial charge in [-0.2, -0.15) is 4.31 Å². The highest BCUT2D eigenvalue weighted by molar-refractivity contribution is 7.91. The first-order chi connectivity index (χ1) is 7.94. The van der Waals surface area contributed by atoms with Gasteiger partial charge in [0.05, 0.1) is 0 Å². The molecule has 2 heterocycles. The van der Waals surface area contributed by atoms with E-state index in [1.54, 1.807) is 18.4 Å². The largest absolute Gasteiger partial charge is 0.480 e. The highest BCUT2D eigenvalue weighted by atomic mass is 32.2. The second kappa shape index (κ2) is 4.40. The molecule has 2 rings (SSSR count). The highest BCUT2D eigenvalue weighted by Crippen LogP contribution is 2.30. The number of nitrogens with zero attached hydrogens (tertiary/aromatic N) is 1. The van der Waals surface area contributed by atoms with Crippen LogP contribution >= 0.6 is 11.3 Å². The third-order valence-electron chi connectivity index (χ3n) is 2.85. The number of aryl methyl sites for hydroxylation is 1. The normalized spacial score (nSPS) is 21.8. The predicted molar refractivity (Wildman–Crippen MR) is 63.6 cm³/mol. The van der Waals surface area contributed by atoms with Crippen LogP contribution < -0.4 is 0 Å². The van der Waals surface area contributed by atoms with Gasteiger partial charge in [-0.25, -0.2) is 8.42 Å². The maximum atomic E-state index is 12.3. The Kier molecular flexibility index (Phi) is 3.24. The predicted octanol–water partition coefficient (Wildman–Crippen LogP) is 1.29. The van der Waals surface area contributed by atoms with Crippen LogP contribution in [0, 0.1) is 6.92 Å². The van der Waals surface area contributed by atoms with Crippen molar-refractivity contribution in [3.8, 4) is 0 Å². The summed E-state index contributed by atoms with van der Waals surface area (Å²) in [5, 5.41) is 10.7. The molecule has 0 spiro atoms. The molecule has 1 aliphatic rings. The van der Waals surface area contributed by atoms with Gasteiger partial charge in [0.2, 0.25) is 0 Å². The summed E-state index contributed by atoms with van der Waals surface area (Å²) in [5.74, 6) is -1.07. The van der Waals surface area contributed by atoms with Gasteiger partial charge in [0.25, 0.3) is 10.0 Å². The first kappa shape index (κ1) is 12.5. The van der Waals surface area contributed by atoms with Crippen LogP contribution in [0.15, 0.2) is 15.7 Å². The Labute approximate surface area is 104 Å². The van der Waals surface area contributed by atoms with Gasteiger partial charge in [-0.1, -0.05) is 0 Å². The van der Waals surface area contributed by atoms with Gasteiger partial charge < -0.3 is 5.11 Å². The lowest BCUT2D eigenvalue weighted by Gasteiger charge is -2.20. The molecule has 17 heavy (non-hydrogen) atoms. The monoisotopic (exact) mass is 275 g/mol. The number of carboxylic acid groups (broad SMARTS) is 1. The standard InChI is InChI=1S/C10H13NO4S2/c1-7-4-6-16-10(7)17(14,15)11-5-2-3-8(11)9(12)13/h4,6,8H,2-3,5H2,1H3,(H,12,13)/t8-/m0/s1. The molecular weight excluding hydrogens is 262 g/mol. The van der Waals surface area contributed by atoms with Crippen LogP contribution in [0.2, 0.25) is 0 Å². The first-order valence-electron chi connectivity index (χ1n) is 5.23. The van der Waals surface area contributed by atoms with Gasteiger partial charge in [0.15, 0.2) is 0 Å². The molecule has 1 N–H and O–H groups in total. The number of carboxylic acids is 1. The number of rotatable bonds is 3. The van der Waals surface area contributed by atoms with Crippen LogP contribution in [-0.4, -0.2) is 36.4 Å². The summed E-state index contributed by atoms with van der Waals surface area (Å²) in [6.45, 7) is 2.01. The van der Waals surface area contributed by atoms with Crippen molar-refractivity contribution >= 4 is 27.3 Å². The fourth-order valence-electron chi connectivity index (χ4n) is 2.00. The molecule has 1 fully saturated rings. The number of carbonyl (C=O) groups is 1. The molecule has 0 saturated carbocycles. The SMILES string of the molecule is Cc1ccsc1S(=O)(=O)N1CCC[C@H]1C(=O)O. The van der Waals surface area contributed by atoms with Gasteiger partial charge in [-0.15, -0.1) is 11.3 Å². The van der Waals surface area contributed by atoms with Crippen LogP contribution in [0.3, 0.4) is 0 Å². The summed E-state index contributed by atoms with van der Waals surface area (Å²) in [7, 11) is -3.65. The summed E-state index contributed by atoms with van der Waals surface area (Å²) in [4.78, 5) is 11.0. The van der Waals surface area contributed by atoms with E-state index in [9.17, 15) is 13.2 Å². The van der Waals surface area contributed by atoms with E-state index in [2.05, 4.69) is 0 Å². The van der Waals surface area contributed by atoms with Gasteiger partial charge in [-0.3, -0.25) is 4.79 Å². The van der Waals surface area contributed by atoms with Gasteiger partial charge in [-0.05, 0) is 36.8 Å². The Bertz CT molecular complexity index is 534. The van der Waals surface area contributed by atoms with E-state index in [1.807, 2.05) is 0 Å². The second-order valence-electron chi connectivity index (χ2n) is 4.00. The minimum atomic E-state index is -3.65. The summed E-state index contributed by atoms with van der Waals surface area (Å²) < 4.78 is 26.0. The van der Waals surface area contributed by atoms with Crippen molar-refractivity contribution in [2.45, 2.75) is 30.0 Å². The molecule has 1 aliphatic heterocycles. The van der Waals surface area contributed by atoms with E-state index < -0.39 is 22.0 Å². The number of hydrogen-bond donors (Lipinski definition) is 1. The lowest BCUT2D eigenvalue weighted by Crippen LogP contribution is -2.40. The molecule has 1 saturated heterocycles. The number of aliphatic carboxylic acids is 1. The summed E-state index contributed by atoms with van der Waals surface area (Å²) in [6.07, 6.45) is 0.986. The maximum Gasteiger partial charge on any atom is 0.322 e. The van der Waals surface area contributed by atoms with Crippen molar-refractivity contribution in [1.82, 2.24) is 4.31 Å². The molecule has 7 heteroatoms. The van der Waals surface area contributed by atoms with Crippen molar-refractivity contribution in [2.75, 3.05) is 6.54 Å². The minimum absolute atomic E-state index is 0.255. The molecule has 0 aliphatic carbocycles. The maximum absolute atomic E-state index is 12.3. The van der Waals surface area contributed by atoms with Crippen molar-refractivity contribution < 1.29 is 18.3 Å². The lowest BCUT2D eigenvalue weighted by atomic mass is 10.2. The van der Waals surface area contributed by atoms with Crippen LogP contribution in [0.1, 0.15) is 18.4 Å². The zero-order valence-electron chi connectivity index (χ0n) is 9.29. The zero-order chi connectivity index (χ0) is 12.6. The molecule has 94 valence electrons. The molecule has 0 aromatic carbocycles. The Morgan fingerprint density at radius 1 is 1.59 bits per heavy atom. The average Bonchev–Trinajstić information content (AvgIpc) is 2.84.